The van der Waals surface area contributed by atoms with Gasteiger partial charge in [0.2, 0.25) is 0 Å². The summed E-state index contributed by atoms with van der Waals surface area (Å²) in [5, 5.41) is 2.59. The molecule has 1 saturated heterocycles. The molecule has 0 saturated carbocycles. The van der Waals surface area contributed by atoms with Crippen molar-refractivity contribution in [2.45, 2.75) is 0 Å². The fourth-order valence-electron chi connectivity index (χ4n) is 2.82. The van der Waals surface area contributed by atoms with Crippen LogP contribution < -0.4 is 15.0 Å². The first-order valence-electron chi connectivity index (χ1n) is 7.97. The molecule has 7 heteroatoms. The Kier molecular flexibility index (Phi) is 5.02. The van der Waals surface area contributed by atoms with Crippen molar-refractivity contribution < 1.29 is 18.3 Å². The molecule has 1 fully saturated rings. The minimum absolute atomic E-state index is 0.232. The van der Waals surface area contributed by atoms with Gasteiger partial charge in [-0.2, -0.15) is 0 Å². The van der Waals surface area contributed by atoms with Gasteiger partial charge in [-0.3, -0.25) is 0 Å². The fourth-order valence-corrected chi connectivity index (χ4v) is 2.82. The first kappa shape index (κ1) is 17.0. The van der Waals surface area contributed by atoms with Gasteiger partial charge in [0, 0.05) is 37.9 Å². The Morgan fingerprint density at radius 2 is 1.76 bits per heavy atom. The van der Waals surface area contributed by atoms with Crippen molar-refractivity contribution in [1.82, 2.24) is 4.90 Å². The van der Waals surface area contributed by atoms with E-state index in [-0.39, 0.29) is 11.7 Å². The zero-order valence-electron chi connectivity index (χ0n) is 13.8. The number of para-hydroxylation sites is 2. The molecule has 1 aliphatic rings. The van der Waals surface area contributed by atoms with Gasteiger partial charge in [-0.05, 0) is 24.3 Å². The number of nitrogens with zero attached hydrogens (tertiary/aromatic N) is 2. The van der Waals surface area contributed by atoms with Crippen LogP contribution in [0.2, 0.25) is 0 Å². The van der Waals surface area contributed by atoms with Gasteiger partial charge in [0.1, 0.15) is 5.75 Å². The zero-order chi connectivity index (χ0) is 17.8. The summed E-state index contributed by atoms with van der Waals surface area (Å²) < 4.78 is 31.5. The molecule has 5 nitrogen and oxygen atoms in total. The molecule has 0 aromatic heterocycles. The summed E-state index contributed by atoms with van der Waals surface area (Å²) >= 11 is 0. The van der Waals surface area contributed by atoms with E-state index in [1.807, 2.05) is 24.3 Å². The molecule has 2 aromatic rings. The number of carbonyl (C=O) groups excluding carboxylic acids is 1. The molecule has 2 aromatic carbocycles. The van der Waals surface area contributed by atoms with Crippen molar-refractivity contribution >= 4 is 17.4 Å². The maximum Gasteiger partial charge on any atom is 0.321 e. The van der Waals surface area contributed by atoms with Crippen LogP contribution in [0, 0.1) is 11.6 Å². The SMILES string of the molecule is COc1ccccc1N1CCN(C(=O)Nc2ccc(F)c(F)c2)CC1. The lowest BCUT2D eigenvalue weighted by Crippen LogP contribution is -2.50. The Hall–Kier alpha value is -2.83. The number of urea groups is 1. The molecular weight excluding hydrogens is 328 g/mol. The number of methoxy groups -OCH3 is 1. The summed E-state index contributed by atoms with van der Waals surface area (Å²) in [7, 11) is 1.63. The number of ether oxygens (including phenoxy) is 1. The maximum absolute atomic E-state index is 13.2. The van der Waals surface area contributed by atoms with E-state index in [0.717, 1.165) is 23.6 Å². The number of carbonyl (C=O) groups is 1. The molecule has 2 amide bonds. The average Bonchev–Trinajstić information content (AvgIpc) is 2.65. The number of hydrogen-bond acceptors (Lipinski definition) is 3. The normalized spacial score (nSPS) is 14.4. The van der Waals surface area contributed by atoms with Crippen LogP contribution in [0.15, 0.2) is 42.5 Å². The third kappa shape index (κ3) is 3.81. The van der Waals surface area contributed by atoms with Gasteiger partial charge >= 0.3 is 6.03 Å². The van der Waals surface area contributed by atoms with Gasteiger partial charge in [0.15, 0.2) is 11.6 Å². The van der Waals surface area contributed by atoms with E-state index in [1.165, 1.54) is 6.07 Å². The van der Waals surface area contributed by atoms with Crippen molar-refractivity contribution in [2.75, 3.05) is 43.5 Å². The second-order valence-electron chi connectivity index (χ2n) is 5.70. The van der Waals surface area contributed by atoms with E-state index in [4.69, 9.17) is 4.74 Å². The molecule has 25 heavy (non-hydrogen) atoms. The minimum atomic E-state index is -0.987. The highest BCUT2D eigenvalue weighted by Crippen LogP contribution is 2.28. The number of hydrogen-bond donors (Lipinski definition) is 1. The quantitative estimate of drug-likeness (QED) is 0.926. The standard InChI is InChI=1S/C18H19F2N3O2/c1-25-17-5-3-2-4-16(17)22-8-10-23(11-9-22)18(24)21-13-6-7-14(19)15(20)12-13/h2-7,12H,8-11H2,1H3,(H,21,24). The number of amides is 2. The second-order valence-corrected chi connectivity index (χ2v) is 5.70. The molecule has 0 radical (unpaired) electrons. The van der Waals surface area contributed by atoms with Crippen LogP contribution in [0.1, 0.15) is 0 Å². The van der Waals surface area contributed by atoms with E-state index >= 15 is 0 Å². The second kappa shape index (κ2) is 7.38. The van der Waals surface area contributed by atoms with Gasteiger partial charge in [-0.1, -0.05) is 12.1 Å². The highest BCUT2D eigenvalue weighted by molar-refractivity contribution is 5.89. The van der Waals surface area contributed by atoms with Crippen LogP contribution in [0.4, 0.5) is 25.0 Å². The smallest absolute Gasteiger partial charge is 0.321 e. The average molecular weight is 347 g/mol. The molecule has 3 rings (SSSR count). The number of halogens is 2. The van der Waals surface area contributed by atoms with Crippen LogP contribution in [0.25, 0.3) is 0 Å². The van der Waals surface area contributed by atoms with Gasteiger partial charge in [0.05, 0.1) is 12.8 Å². The summed E-state index contributed by atoms with van der Waals surface area (Å²) in [5.41, 5.74) is 1.22. The molecule has 0 unspecified atom stereocenters. The largest absolute Gasteiger partial charge is 0.495 e. The number of anilines is 2. The highest BCUT2D eigenvalue weighted by atomic mass is 19.2. The van der Waals surface area contributed by atoms with Crippen molar-refractivity contribution in [2.24, 2.45) is 0 Å². The summed E-state index contributed by atoms with van der Waals surface area (Å²) in [4.78, 5) is 16.1. The zero-order valence-corrected chi connectivity index (χ0v) is 13.8. The van der Waals surface area contributed by atoms with Crippen LogP contribution in [-0.2, 0) is 0 Å². The van der Waals surface area contributed by atoms with Gasteiger partial charge in [-0.25, -0.2) is 13.6 Å². The lowest BCUT2D eigenvalue weighted by Gasteiger charge is -2.36. The predicted molar refractivity (Wildman–Crippen MR) is 92.2 cm³/mol. The number of nitrogens with one attached hydrogen (secondary N) is 1. The summed E-state index contributed by atoms with van der Waals surface area (Å²) in [6, 6.07) is 10.7. The predicted octanol–water partition coefficient (Wildman–Crippen LogP) is 3.33. The van der Waals surface area contributed by atoms with E-state index in [1.54, 1.807) is 12.0 Å². The van der Waals surface area contributed by atoms with E-state index < -0.39 is 11.6 Å². The topological polar surface area (TPSA) is 44.8 Å². The van der Waals surface area contributed by atoms with Crippen LogP contribution in [0.3, 0.4) is 0 Å². The third-order valence-corrected chi connectivity index (χ3v) is 4.16. The highest BCUT2D eigenvalue weighted by Gasteiger charge is 2.23. The van der Waals surface area contributed by atoms with Crippen molar-refractivity contribution in [3.63, 3.8) is 0 Å². The fraction of sp³-hybridized carbons (Fsp3) is 0.278. The molecule has 132 valence electrons. The van der Waals surface area contributed by atoms with Crippen LogP contribution >= 0.6 is 0 Å². The van der Waals surface area contributed by atoms with E-state index in [9.17, 15) is 13.6 Å². The molecule has 0 bridgehead atoms. The minimum Gasteiger partial charge on any atom is -0.495 e. The first-order valence-corrected chi connectivity index (χ1v) is 7.97. The lowest BCUT2D eigenvalue weighted by molar-refractivity contribution is 0.208. The monoisotopic (exact) mass is 347 g/mol. The summed E-state index contributed by atoms with van der Waals surface area (Å²) in [6.07, 6.45) is 0. The Balaban J connectivity index is 1.60. The maximum atomic E-state index is 13.2. The Labute approximate surface area is 144 Å². The number of rotatable bonds is 3. The third-order valence-electron chi connectivity index (χ3n) is 4.16. The molecule has 0 spiro atoms. The molecule has 0 aliphatic carbocycles. The Bertz CT molecular complexity index is 762. The Morgan fingerprint density at radius 3 is 2.44 bits per heavy atom. The van der Waals surface area contributed by atoms with E-state index in [0.29, 0.717) is 26.2 Å². The molecular formula is C18H19F2N3O2. The first-order chi connectivity index (χ1) is 12.1. The molecule has 1 N–H and O–H groups in total. The van der Waals surface area contributed by atoms with Crippen molar-refractivity contribution in [3.8, 4) is 5.75 Å². The molecule has 1 aliphatic heterocycles. The van der Waals surface area contributed by atoms with E-state index in [2.05, 4.69) is 10.2 Å². The number of benzene rings is 2. The lowest BCUT2D eigenvalue weighted by atomic mass is 10.2. The van der Waals surface area contributed by atoms with Gasteiger partial charge in [0.25, 0.3) is 0 Å². The van der Waals surface area contributed by atoms with Crippen LogP contribution in [0.5, 0.6) is 5.75 Å². The molecule has 0 atom stereocenters. The van der Waals surface area contributed by atoms with Gasteiger partial charge < -0.3 is 19.9 Å². The number of piperazine rings is 1. The molecule has 1 heterocycles. The summed E-state index contributed by atoms with van der Waals surface area (Å²) in [6.45, 7) is 2.36. The summed E-state index contributed by atoms with van der Waals surface area (Å²) in [5.74, 6) is -1.13. The van der Waals surface area contributed by atoms with Gasteiger partial charge in [-0.15, -0.1) is 0 Å². The Morgan fingerprint density at radius 1 is 1.04 bits per heavy atom. The van der Waals surface area contributed by atoms with Crippen molar-refractivity contribution in [3.05, 3.63) is 54.1 Å². The van der Waals surface area contributed by atoms with Crippen LogP contribution in [-0.4, -0.2) is 44.2 Å². The van der Waals surface area contributed by atoms with Crippen molar-refractivity contribution in [1.29, 1.82) is 0 Å².